The first-order valence-corrected chi connectivity index (χ1v) is 11.0. The largest absolute Gasteiger partial charge is 0.377 e. The van der Waals surface area contributed by atoms with E-state index in [1.54, 1.807) is 0 Å². The first-order chi connectivity index (χ1) is 14.5. The van der Waals surface area contributed by atoms with Crippen molar-refractivity contribution < 1.29 is 0 Å². The maximum absolute atomic E-state index is 4.59. The van der Waals surface area contributed by atoms with Crippen LogP contribution in [0.3, 0.4) is 0 Å². The van der Waals surface area contributed by atoms with Gasteiger partial charge in [-0.05, 0) is 70.9 Å². The SMILES string of the molecule is CN(C)c1ccnc2ccc(-c3ccc(N(C)C4CC(C)(C)NC(C)(C)C4)nn3)cc12. The maximum Gasteiger partial charge on any atom is 0.151 e. The summed E-state index contributed by atoms with van der Waals surface area (Å²) in [5.74, 6) is 0.915. The zero-order valence-electron chi connectivity index (χ0n) is 19.8. The second-order valence-corrected chi connectivity index (χ2v) is 10.3. The van der Waals surface area contributed by atoms with Crippen molar-refractivity contribution in [2.24, 2.45) is 0 Å². The van der Waals surface area contributed by atoms with Gasteiger partial charge in [0.15, 0.2) is 5.82 Å². The molecule has 6 nitrogen and oxygen atoms in total. The molecule has 0 spiro atoms. The third kappa shape index (κ3) is 4.49. The lowest BCUT2D eigenvalue weighted by atomic mass is 9.79. The Balaban J connectivity index is 1.60. The van der Waals surface area contributed by atoms with E-state index in [9.17, 15) is 0 Å². The van der Waals surface area contributed by atoms with Gasteiger partial charge in [0, 0.05) is 61.1 Å². The second kappa shape index (κ2) is 7.75. The molecule has 2 aromatic heterocycles. The van der Waals surface area contributed by atoms with Gasteiger partial charge in [-0.3, -0.25) is 4.98 Å². The number of benzene rings is 1. The molecule has 1 fully saturated rings. The Labute approximate surface area is 185 Å². The molecule has 0 unspecified atom stereocenters. The summed E-state index contributed by atoms with van der Waals surface area (Å²) in [5.41, 5.74) is 4.24. The van der Waals surface area contributed by atoms with Gasteiger partial charge in [0.05, 0.1) is 11.2 Å². The summed E-state index contributed by atoms with van der Waals surface area (Å²) in [4.78, 5) is 8.89. The average Bonchev–Trinajstić information content (AvgIpc) is 2.70. The summed E-state index contributed by atoms with van der Waals surface area (Å²) in [6, 6.07) is 12.9. The predicted molar refractivity (Wildman–Crippen MR) is 130 cm³/mol. The molecule has 6 heteroatoms. The minimum absolute atomic E-state index is 0.0946. The van der Waals surface area contributed by atoms with E-state index in [0.29, 0.717) is 6.04 Å². The smallest absolute Gasteiger partial charge is 0.151 e. The number of aromatic nitrogens is 3. The van der Waals surface area contributed by atoms with E-state index in [2.05, 4.69) is 109 Å². The standard InChI is InChI=1S/C25H34N6/c1-24(2)15-18(16-25(3,4)29-24)31(7)23-11-10-20(27-28-23)17-8-9-21-19(14-17)22(30(5)6)12-13-26-21/h8-14,18,29H,15-16H2,1-7H3. The molecule has 0 amide bonds. The Morgan fingerprint density at radius 2 is 1.61 bits per heavy atom. The molecule has 1 N–H and O–H groups in total. The van der Waals surface area contributed by atoms with Gasteiger partial charge in [-0.2, -0.15) is 0 Å². The third-order valence-electron chi connectivity index (χ3n) is 6.22. The van der Waals surface area contributed by atoms with Crippen LogP contribution in [0, 0.1) is 0 Å². The summed E-state index contributed by atoms with van der Waals surface area (Å²) in [6.07, 6.45) is 3.99. The van der Waals surface area contributed by atoms with Gasteiger partial charge < -0.3 is 15.1 Å². The summed E-state index contributed by atoms with van der Waals surface area (Å²) < 4.78 is 0. The van der Waals surface area contributed by atoms with Crippen molar-refractivity contribution in [3.8, 4) is 11.3 Å². The Morgan fingerprint density at radius 3 is 2.23 bits per heavy atom. The van der Waals surface area contributed by atoms with Gasteiger partial charge in [-0.1, -0.05) is 6.07 Å². The zero-order chi connectivity index (χ0) is 22.4. The average molecular weight is 419 g/mol. The Morgan fingerprint density at radius 1 is 0.903 bits per heavy atom. The van der Waals surface area contributed by atoms with Crippen LogP contribution >= 0.6 is 0 Å². The van der Waals surface area contributed by atoms with E-state index in [1.807, 2.05) is 12.3 Å². The zero-order valence-corrected chi connectivity index (χ0v) is 19.8. The van der Waals surface area contributed by atoms with Crippen molar-refractivity contribution in [2.45, 2.75) is 57.7 Å². The van der Waals surface area contributed by atoms with E-state index in [1.165, 1.54) is 0 Å². The highest BCUT2D eigenvalue weighted by Gasteiger charge is 2.39. The number of nitrogens with one attached hydrogen (secondary N) is 1. The van der Waals surface area contributed by atoms with E-state index in [4.69, 9.17) is 0 Å². The maximum atomic E-state index is 4.59. The Hall–Kier alpha value is -2.73. The van der Waals surface area contributed by atoms with Crippen molar-refractivity contribution in [1.29, 1.82) is 0 Å². The van der Waals surface area contributed by atoms with Crippen LogP contribution in [0.25, 0.3) is 22.2 Å². The number of piperidine rings is 1. The molecular formula is C25H34N6. The van der Waals surface area contributed by atoms with Crippen LogP contribution in [0.1, 0.15) is 40.5 Å². The summed E-state index contributed by atoms with van der Waals surface area (Å²) in [7, 11) is 6.24. The van der Waals surface area contributed by atoms with Crippen LogP contribution in [-0.4, -0.2) is 53.4 Å². The molecule has 1 aromatic carbocycles. The number of pyridine rings is 1. The number of hydrogen-bond acceptors (Lipinski definition) is 6. The number of anilines is 2. The van der Waals surface area contributed by atoms with Crippen molar-refractivity contribution in [1.82, 2.24) is 20.5 Å². The van der Waals surface area contributed by atoms with Crippen molar-refractivity contribution in [3.05, 3.63) is 42.6 Å². The van der Waals surface area contributed by atoms with Gasteiger partial charge in [0.25, 0.3) is 0 Å². The minimum atomic E-state index is 0.0946. The molecule has 1 saturated heterocycles. The van der Waals surface area contributed by atoms with Gasteiger partial charge in [0.2, 0.25) is 0 Å². The quantitative estimate of drug-likeness (QED) is 0.673. The molecule has 3 heterocycles. The molecular weight excluding hydrogens is 384 g/mol. The minimum Gasteiger partial charge on any atom is -0.377 e. The molecule has 0 saturated carbocycles. The van der Waals surface area contributed by atoms with Crippen LogP contribution < -0.4 is 15.1 Å². The number of fused-ring (bicyclic) bond motifs is 1. The predicted octanol–water partition coefficient (Wildman–Crippen LogP) is 4.50. The third-order valence-corrected chi connectivity index (χ3v) is 6.22. The molecule has 0 aliphatic carbocycles. The van der Waals surface area contributed by atoms with Crippen LogP contribution in [-0.2, 0) is 0 Å². The fourth-order valence-corrected chi connectivity index (χ4v) is 5.08. The van der Waals surface area contributed by atoms with Crippen LogP contribution in [0.5, 0.6) is 0 Å². The first kappa shape index (κ1) is 21.5. The van der Waals surface area contributed by atoms with Crippen LogP contribution in [0.2, 0.25) is 0 Å². The molecule has 3 aromatic rings. The fourth-order valence-electron chi connectivity index (χ4n) is 5.08. The Kier molecular flexibility index (Phi) is 5.38. The van der Waals surface area contributed by atoms with Crippen LogP contribution in [0.15, 0.2) is 42.6 Å². The molecule has 0 bridgehead atoms. The lowest BCUT2D eigenvalue weighted by Gasteiger charge is -2.49. The van der Waals surface area contributed by atoms with Gasteiger partial charge >= 0.3 is 0 Å². The first-order valence-electron chi connectivity index (χ1n) is 11.0. The monoisotopic (exact) mass is 418 g/mol. The molecule has 31 heavy (non-hydrogen) atoms. The van der Waals surface area contributed by atoms with Crippen LogP contribution in [0.4, 0.5) is 11.5 Å². The molecule has 164 valence electrons. The van der Waals surface area contributed by atoms with Gasteiger partial charge in [0.1, 0.15) is 0 Å². The highest BCUT2D eigenvalue weighted by atomic mass is 15.3. The number of nitrogens with zero attached hydrogens (tertiary/aromatic N) is 5. The molecule has 1 aliphatic heterocycles. The molecule has 4 rings (SSSR count). The lowest BCUT2D eigenvalue weighted by Crippen LogP contribution is -2.62. The van der Waals surface area contributed by atoms with Gasteiger partial charge in [-0.15, -0.1) is 10.2 Å². The molecule has 0 atom stereocenters. The number of hydrogen-bond donors (Lipinski definition) is 1. The van der Waals surface area contributed by atoms with E-state index in [0.717, 1.165) is 46.5 Å². The fraction of sp³-hybridized carbons (Fsp3) is 0.480. The molecule has 0 radical (unpaired) electrons. The summed E-state index contributed by atoms with van der Waals surface area (Å²) >= 11 is 0. The highest BCUT2D eigenvalue weighted by molar-refractivity contribution is 5.94. The normalized spacial score (nSPS) is 18.2. The summed E-state index contributed by atoms with van der Waals surface area (Å²) in [6.45, 7) is 9.11. The Bertz CT molecular complexity index is 1060. The lowest BCUT2D eigenvalue weighted by molar-refractivity contribution is 0.160. The second-order valence-electron chi connectivity index (χ2n) is 10.3. The molecule has 1 aliphatic rings. The van der Waals surface area contributed by atoms with Crippen molar-refractivity contribution in [2.75, 3.05) is 30.9 Å². The highest BCUT2D eigenvalue weighted by Crippen LogP contribution is 2.33. The summed E-state index contributed by atoms with van der Waals surface area (Å²) in [5, 5.41) is 14.0. The van der Waals surface area contributed by atoms with Crippen molar-refractivity contribution in [3.63, 3.8) is 0 Å². The van der Waals surface area contributed by atoms with E-state index in [-0.39, 0.29) is 11.1 Å². The van der Waals surface area contributed by atoms with E-state index >= 15 is 0 Å². The topological polar surface area (TPSA) is 57.2 Å². The van der Waals surface area contributed by atoms with Crippen molar-refractivity contribution >= 4 is 22.4 Å². The number of rotatable bonds is 4. The van der Waals surface area contributed by atoms with E-state index < -0.39 is 0 Å². The van der Waals surface area contributed by atoms with Gasteiger partial charge in [-0.25, -0.2) is 0 Å².